The monoisotopic (exact) mass is 347 g/mol. The first-order valence-corrected chi connectivity index (χ1v) is 9.24. The Hall–Kier alpha value is -1.59. The summed E-state index contributed by atoms with van der Waals surface area (Å²) in [5.74, 6) is 1.06. The highest BCUT2D eigenvalue weighted by molar-refractivity contribution is 5.82. The number of amides is 1. The van der Waals surface area contributed by atoms with Crippen LogP contribution in [0.5, 0.6) is 5.75 Å². The van der Waals surface area contributed by atoms with E-state index in [4.69, 9.17) is 4.74 Å². The average Bonchev–Trinajstić information content (AvgIpc) is 2.97. The molecule has 2 atom stereocenters. The average molecular weight is 348 g/mol. The van der Waals surface area contributed by atoms with Crippen molar-refractivity contribution in [3.05, 3.63) is 29.3 Å². The third-order valence-electron chi connectivity index (χ3n) is 4.79. The molecule has 0 radical (unpaired) electrons. The standard InChI is InChI=1S/C20H33N3O2/c1-13(2)22-20(24)18-10-17(12-23(18)14(3)4)21-11-16-7-8-19(25-6)15(5)9-16/h7-9,13-14,17-18,21H,10-12H2,1-6H3,(H,22,24)/t17-,18+/m1/s1. The Morgan fingerprint density at radius 3 is 2.60 bits per heavy atom. The van der Waals surface area contributed by atoms with Crippen molar-refractivity contribution in [3.8, 4) is 5.75 Å². The third-order valence-corrected chi connectivity index (χ3v) is 4.79. The van der Waals surface area contributed by atoms with Crippen molar-refractivity contribution in [2.24, 2.45) is 0 Å². The second-order valence-corrected chi connectivity index (χ2v) is 7.59. The van der Waals surface area contributed by atoms with E-state index < -0.39 is 0 Å². The number of ether oxygens (including phenoxy) is 1. The number of nitrogens with one attached hydrogen (secondary N) is 2. The lowest BCUT2D eigenvalue weighted by Crippen LogP contribution is -2.47. The second kappa shape index (κ2) is 8.68. The van der Waals surface area contributed by atoms with Crippen LogP contribution < -0.4 is 15.4 Å². The van der Waals surface area contributed by atoms with Crippen molar-refractivity contribution in [1.82, 2.24) is 15.5 Å². The number of aryl methyl sites for hydroxylation is 1. The lowest BCUT2D eigenvalue weighted by Gasteiger charge is -2.27. The maximum absolute atomic E-state index is 12.5. The molecule has 0 unspecified atom stereocenters. The minimum atomic E-state index is -0.0440. The topological polar surface area (TPSA) is 53.6 Å². The number of hydrogen-bond donors (Lipinski definition) is 2. The van der Waals surface area contributed by atoms with E-state index in [1.165, 1.54) is 5.56 Å². The smallest absolute Gasteiger partial charge is 0.237 e. The minimum Gasteiger partial charge on any atom is -0.496 e. The Kier molecular flexibility index (Phi) is 6.85. The van der Waals surface area contributed by atoms with E-state index in [1.807, 2.05) is 19.9 Å². The van der Waals surface area contributed by atoms with Crippen molar-refractivity contribution >= 4 is 5.91 Å². The molecule has 140 valence electrons. The predicted molar refractivity (Wildman–Crippen MR) is 102 cm³/mol. The molecule has 1 fully saturated rings. The Morgan fingerprint density at radius 2 is 2.04 bits per heavy atom. The fourth-order valence-corrected chi connectivity index (χ4v) is 3.53. The first-order valence-electron chi connectivity index (χ1n) is 9.24. The predicted octanol–water partition coefficient (Wildman–Crippen LogP) is 2.47. The molecule has 1 amide bonds. The van der Waals surface area contributed by atoms with Gasteiger partial charge in [0.15, 0.2) is 0 Å². The fraction of sp³-hybridized carbons (Fsp3) is 0.650. The molecule has 1 heterocycles. The lowest BCUT2D eigenvalue weighted by atomic mass is 10.1. The number of carbonyl (C=O) groups excluding carboxylic acids is 1. The number of nitrogens with zero attached hydrogens (tertiary/aromatic N) is 1. The molecule has 5 heteroatoms. The van der Waals surface area contributed by atoms with Gasteiger partial charge < -0.3 is 15.4 Å². The quantitative estimate of drug-likeness (QED) is 0.796. The second-order valence-electron chi connectivity index (χ2n) is 7.59. The largest absolute Gasteiger partial charge is 0.496 e. The molecule has 0 aromatic heterocycles. The van der Waals surface area contributed by atoms with Gasteiger partial charge in [-0.1, -0.05) is 12.1 Å². The van der Waals surface area contributed by atoms with E-state index in [-0.39, 0.29) is 18.0 Å². The normalized spacial score (nSPS) is 21.1. The van der Waals surface area contributed by atoms with Crippen LogP contribution >= 0.6 is 0 Å². The highest BCUT2D eigenvalue weighted by Gasteiger charge is 2.37. The number of methoxy groups -OCH3 is 1. The van der Waals surface area contributed by atoms with Gasteiger partial charge in [-0.05, 0) is 58.2 Å². The number of hydrogen-bond acceptors (Lipinski definition) is 4. The van der Waals surface area contributed by atoms with Crippen LogP contribution in [0, 0.1) is 6.92 Å². The number of carbonyl (C=O) groups is 1. The van der Waals surface area contributed by atoms with Gasteiger partial charge in [0.05, 0.1) is 13.2 Å². The molecule has 0 spiro atoms. The van der Waals surface area contributed by atoms with Crippen molar-refractivity contribution in [3.63, 3.8) is 0 Å². The van der Waals surface area contributed by atoms with Crippen LogP contribution in [0.1, 0.15) is 45.2 Å². The summed E-state index contributed by atoms with van der Waals surface area (Å²) in [4.78, 5) is 14.8. The van der Waals surface area contributed by atoms with Crippen LogP contribution in [-0.4, -0.2) is 48.6 Å². The van der Waals surface area contributed by atoms with E-state index in [0.29, 0.717) is 12.1 Å². The first-order chi connectivity index (χ1) is 11.8. The molecule has 1 aliphatic rings. The molecule has 1 saturated heterocycles. The highest BCUT2D eigenvalue weighted by Crippen LogP contribution is 2.22. The van der Waals surface area contributed by atoms with Gasteiger partial charge in [-0.3, -0.25) is 9.69 Å². The number of likely N-dealkylation sites (tertiary alicyclic amines) is 1. The fourth-order valence-electron chi connectivity index (χ4n) is 3.53. The lowest BCUT2D eigenvalue weighted by molar-refractivity contribution is -0.126. The van der Waals surface area contributed by atoms with Gasteiger partial charge in [-0.15, -0.1) is 0 Å². The van der Waals surface area contributed by atoms with Crippen molar-refractivity contribution < 1.29 is 9.53 Å². The molecule has 2 rings (SSSR count). The van der Waals surface area contributed by atoms with Crippen LogP contribution in [0.2, 0.25) is 0 Å². The van der Waals surface area contributed by atoms with Crippen molar-refractivity contribution in [2.45, 2.75) is 71.8 Å². The maximum Gasteiger partial charge on any atom is 0.237 e. The highest BCUT2D eigenvalue weighted by atomic mass is 16.5. The van der Waals surface area contributed by atoms with E-state index >= 15 is 0 Å². The van der Waals surface area contributed by atoms with E-state index in [2.05, 4.69) is 48.4 Å². The number of rotatable bonds is 7. The first kappa shape index (κ1) is 19.7. The van der Waals surface area contributed by atoms with Gasteiger partial charge in [0, 0.05) is 31.2 Å². The van der Waals surface area contributed by atoms with Gasteiger partial charge in [-0.2, -0.15) is 0 Å². The van der Waals surface area contributed by atoms with E-state index in [0.717, 1.165) is 30.8 Å². The summed E-state index contributed by atoms with van der Waals surface area (Å²) in [7, 11) is 1.70. The molecule has 25 heavy (non-hydrogen) atoms. The van der Waals surface area contributed by atoms with Gasteiger partial charge >= 0.3 is 0 Å². The molecule has 1 aliphatic heterocycles. The molecule has 0 saturated carbocycles. The molecular formula is C20H33N3O2. The summed E-state index contributed by atoms with van der Waals surface area (Å²) in [5, 5.41) is 6.68. The van der Waals surface area contributed by atoms with Crippen LogP contribution in [0.3, 0.4) is 0 Å². The van der Waals surface area contributed by atoms with Gasteiger partial charge in [-0.25, -0.2) is 0 Å². The summed E-state index contributed by atoms with van der Waals surface area (Å²) < 4.78 is 5.32. The van der Waals surface area contributed by atoms with Crippen molar-refractivity contribution in [1.29, 1.82) is 0 Å². The summed E-state index contributed by atoms with van der Waals surface area (Å²) in [5.41, 5.74) is 2.38. The zero-order chi connectivity index (χ0) is 18.6. The molecular weight excluding hydrogens is 314 g/mol. The SMILES string of the molecule is COc1ccc(CN[C@@H]2C[C@@H](C(=O)NC(C)C)N(C(C)C)C2)cc1C. The Morgan fingerprint density at radius 1 is 1.32 bits per heavy atom. The molecule has 1 aromatic rings. The van der Waals surface area contributed by atoms with Crippen LogP contribution in [-0.2, 0) is 11.3 Å². The van der Waals surface area contributed by atoms with Gasteiger partial charge in [0.25, 0.3) is 0 Å². The molecule has 2 N–H and O–H groups in total. The zero-order valence-electron chi connectivity index (χ0n) is 16.4. The third kappa shape index (κ3) is 5.19. The summed E-state index contributed by atoms with van der Waals surface area (Å²) in [6.45, 7) is 12.1. The van der Waals surface area contributed by atoms with Gasteiger partial charge in [0.1, 0.15) is 5.75 Å². The van der Waals surface area contributed by atoms with Crippen LogP contribution in [0.15, 0.2) is 18.2 Å². The Labute approximate surface area is 152 Å². The molecule has 0 bridgehead atoms. The molecule has 0 aliphatic carbocycles. The summed E-state index contributed by atoms with van der Waals surface area (Å²) in [6, 6.07) is 7.08. The maximum atomic E-state index is 12.5. The zero-order valence-corrected chi connectivity index (χ0v) is 16.4. The Bertz CT molecular complexity index is 586. The summed E-state index contributed by atoms with van der Waals surface area (Å²) in [6.07, 6.45) is 0.853. The van der Waals surface area contributed by atoms with E-state index in [9.17, 15) is 4.79 Å². The Balaban J connectivity index is 1.96. The van der Waals surface area contributed by atoms with Crippen molar-refractivity contribution in [2.75, 3.05) is 13.7 Å². The molecule has 1 aromatic carbocycles. The number of benzene rings is 1. The van der Waals surface area contributed by atoms with Gasteiger partial charge in [0.2, 0.25) is 5.91 Å². The van der Waals surface area contributed by atoms with Crippen LogP contribution in [0.25, 0.3) is 0 Å². The molecule has 5 nitrogen and oxygen atoms in total. The minimum absolute atomic E-state index is 0.0440. The van der Waals surface area contributed by atoms with Crippen LogP contribution in [0.4, 0.5) is 0 Å². The summed E-state index contributed by atoms with van der Waals surface area (Å²) >= 11 is 0. The van der Waals surface area contributed by atoms with E-state index in [1.54, 1.807) is 7.11 Å².